The molecule has 1 atom stereocenters. The molecule has 3 heteroatoms. The fraction of sp³-hybridized carbons (Fsp3) is 0.333. The van der Waals surface area contributed by atoms with Gasteiger partial charge < -0.3 is 0 Å². The van der Waals surface area contributed by atoms with E-state index in [1.165, 1.54) is 21.8 Å². The van der Waals surface area contributed by atoms with Gasteiger partial charge in [-0.05, 0) is 40.3 Å². The first kappa shape index (κ1) is 11.2. The molecule has 0 aliphatic rings. The molecule has 0 bridgehead atoms. The van der Waals surface area contributed by atoms with Crippen molar-refractivity contribution in [3.63, 3.8) is 0 Å². The van der Waals surface area contributed by atoms with Gasteiger partial charge in [0, 0.05) is 10.8 Å². The SMILES string of the molecule is CCC(C)Sc1sccc1-c1ccsc1. The van der Waals surface area contributed by atoms with E-state index in [-0.39, 0.29) is 0 Å². The maximum absolute atomic E-state index is 2.29. The van der Waals surface area contributed by atoms with E-state index in [1.54, 1.807) is 11.3 Å². The van der Waals surface area contributed by atoms with Crippen LogP contribution < -0.4 is 0 Å². The average Bonchev–Trinajstić information content (AvgIpc) is 2.86. The summed E-state index contributed by atoms with van der Waals surface area (Å²) in [6, 6.07) is 4.44. The van der Waals surface area contributed by atoms with Crippen molar-refractivity contribution in [2.75, 3.05) is 0 Å². The van der Waals surface area contributed by atoms with E-state index in [9.17, 15) is 0 Å². The van der Waals surface area contributed by atoms with Gasteiger partial charge in [0.15, 0.2) is 0 Å². The molecule has 1 unspecified atom stereocenters. The second-order valence-electron chi connectivity index (χ2n) is 3.47. The summed E-state index contributed by atoms with van der Waals surface area (Å²) in [4.78, 5) is 0. The molecule has 0 saturated heterocycles. The van der Waals surface area contributed by atoms with Crippen molar-refractivity contribution < 1.29 is 0 Å². The van der Waals surface area contributed by atoms with E-state index < -0.39 is 0 Å². The fourth-order valence-corrected chi connectivity index (χ4v) is 4.31. The van der Waals surface area contributed by atoms with E-state index in [0.29, 0.717) is 5.25 Å². The first-order valence-electron chi connectivity index (χ1n) is 5.08. The third-order valence-electron chi connectivity index (χ3n) is 2.35. The van der Waals surface area contributed by atoms with E-state index in [4.69, 9.17) is 0 Å². The highest BCUT2D eigenvalue weighted by atomic mass is 32.2. The van der Waals surface area contributed by atoms with Gasteiger partial charge in [-0.15, -0.1) is 23.1 Å². The van der Waals surface area contributed by atoms with Crippen molar-refractivity contribution in [3.8, 4) is 11.1 Å². The molecule has 0 aliphatic carbocycles. The molecular weight excluding hydrogens is 240 g/mol. The Hall–Kier alpha value is -0.250. The first-order chi connectivity index (χ1) is 7.31. The number of rotatable bonds is 4. The van der Waals surface area contributed by atoms with Gasteiger partial charge in [0.1, 0.15) is 0 Å². The standard InChI is InChI=1S/C12H14S3/c1-3-9(2)15-12-11(5-7-14-12)10-4-6-13-8-10/h4-9H,3H2,1-2H3. The minimum Gasteiger partial charge on any atom is -0.152 e. The zero-order valence-electron chi connectivity index (χ0n) is 8.90. The number of hydrogen-bond acceptors (Lipinski definition) is 3. The Balaban J connectivity index is 2.23. The van der Waals surface area contributed by atoms with Crippen molar-refractivity contribution in [3.05, 3.63) is 28.3 Å². The average molecular weight is 254 g/mol. The van der Waals surface area contributed by atoms with Crippen LogP contribution >= 0.6 is 34.4 Å². The summed E-state index contributed by atoms with van der Waals surface area (Å²) in [6.45, 7) is 4.54. The Labute approximate surface area is 103 Å². The summed E-state index contributed by atoms with van der Waals surface area (Å²) >= 11 is 5.62. The fourth-order valence-electron chi connectivity index (χ4n) is 1.28. The minimum atomic E-state index is 0.709. The quantitative estimate of drug-likeness (QED) is 0.661. The van der Waals surface area contributed by atoms with Gasteiger partial charge in [-0.2, -0.15) is 11.3 Å². The molecule has 0 spiro atoms. The van der Waals surface area contributed by atoms with E-state index in [1.807, 2.05) is 23.1 Å². The van der Waals surface area contributed by atoms with Gasteiger partial charge in [-0.1, -0.05) is 13.8 Å². The Morgan fingerprint density at radius 2 is 2.20 bits per heavy atom. The molecule has 0 radical (unpaired) electrons. The zero-order valence-corrected chi connectivity index (χ0v) is 11.3. The number of hydrogen-bond donors (Lipinski definition) is 0. The minimum absolute atomic E-state index is 0.709. The van der Waals surface area contributed by atoms with E-state index in [0.717, 1.165) is 0 Å². The summed E-state index contributed by atoms with van der Waals surface area (Å²) in [5.41, 5.74) is 2.78. The van der Waals surface area contributed by atoms with Gasteiger partial charge in [-0.3, -0.25) is 0 Å². The first-order valence-corrected chi connectivity index (χ1v) is 7.78. The molecule has 0 fully saturated rings. The molecule has 0 aromatic carbocycles. The van der Waals surface area contributed by atoms with Crippen molar-refractivity contribution in [2.24, 2.45) is 0 Å². The van der Waals surface area contributed by atoms with Crippen LogP contribution in [0.2, 0.25) is 0 Å². The highest BCUT2D eigenvalue weighted by molar-refractivity contribution is 8.01. The van der Waals surface area contributed by atoms with E-state index in [2.05, 4.69) is 42.1 Å². The molecule has 2 aromatic rings. The molecule has 2 aromatic heterocycles. The number of thiophene rings is 2. The summed E-state index contributed by atoms with van der Waals surface area (Å²) in [6.07, 6.45) is 1.23. The lowest BCUT2D eigenvalue weighted by atomic mass is 10.2. The third-order valence-corrected chi connectivity index (χ3v) is 5.48. The lowest BCUT2D eigenvalue weighted by molar-refractivity contribution is 0.907. The maximum atomic E-state index is 2.29. The van der Waals surface area contributed by atoms with Crippen molar-refractivity contribution in [2.45, 2.75) is 29.7 Å². The largest absolute Gasteiger partial charge is 0.152 e. The summed E-state index contributed by atoms with van der Waals surface area (Å²) in [5, 5.41) is 7.27. The normalized spacial score (nSPS) is 12.9. The summed E-state index contributed by atoms with van der Waals surface area (Å²) in [5.74, 6) is 0. The Morgan fingerprint density at radius 1 is 1.33 bits per heavy atom. The molecule has 0 amide bonds. The molecule has 2 rings (SSSR count). The van der Waals surface area contributed by atoms with Crippen LogP contribution in [0.15, 0.2) is 32.5 Å². The number of thioether (sulfide) groups is 1. The highest BCUT2D eigenvalue weighted by Crippen LogP contribution is 2.39. The van der Waals surface area contributed by atoms with Crippen LogP contribution in [0.1, 0.15) is 20.3 Å². The topological polar surface area (TPSA) is 0 Å². The van der Waals surface area contributed by atoms with Crippen LogP contribution in [-0.4, -0.2) is 5.25 Å². The van der Waals surface area contributed by atoms with Gasteiger partial charge in [0.05, 0.1) is 4.21 Å². The monoisotopic (exact) mass is 254 g/mol. The van der Waals surface area contributed by atoms with Gasteiger partial charge in [-0.25, -0.2) is 0 Å². The van der Waals surface area contributed by atoms with Crippen LogP contribution in [0.5, 0.6) is 0 Å². The Bertz CT molecular complexity index is 400. The molecular formula is C12H14S3. The molecule has 2 heterocycles. The van der Waals surface area contributed by atoms with Crippen molar-refractivity contribution in [1.29, 1.82) is 0 Å². The van der Waals surface area contributed by atoms with Crippen molar-refractivity contribution >= 4 is 34.4 Å². The molecule has 0 saturated carbocycles. The Morgan fingerprint density at radius 3 is 2.87 bits per heavy atom. The molecule has 0 aliphatic heterocycles. The maximum Gasteiger partial charge on any atom is 0.0680 e. The summed E-state index contributed by atoms with van der Waals surface area (Å²) in [7, 11) is 0. The van der Waals surface area contributed by atoms with Crippen LogP contribution in [0.3, 0.4) is 0 Å². The van der Waals surface area contributed by atoms with Gasteiger partial charge >= 0.3 is 0 Å². The Kier molecular flexibility index (Phi) is 3.89. The van der Waals surface area contributed by atoms with Crippen LogP contribution in [-0.2, 0) is 0 Å². The summed E-state index contributed by atoms with van der Waals surface area (Å²) < 4.78 is 1.46. The molecule has 0 nitrogen and oxygen atoms in total. The third kappa shape index (κ3) is 2.65. The lowest BCUT2D eigenvalue weighted by Crippen LogP contribution is -1.90. The zero-order chi connectivity index (χ0) is 10.7. The van der Waals surface area contributed by atoms with Crippen LogP contribution in [0.4, 0.5) is 0 Å². The predicted octanol–water partition coefficient (Wildman–Crippen LogP) is 5.37. The highest BCUT2D eigenvalue weighted by Gasteiger charge is 2.10. The molecule has 80 valence electrons. The van der Waals surface area contributed by atoms with Crippen LogP contribution in [0.25, 0.3) is 11.1 Å². The van der Waals surface area contributed by atoms with Crippen LogP contribution in [0, 0.1) is 0 Å². The smallest absolute Gasteiger partial charge is 0.0680 e. The van der Waals surface area contributed by atoms with Crippen molar-refractivity contribution in [1.82, 2.24) is 0 Å². The molecule has 15 heavy (non-hydrogen) atoms. The van der Waals surface area contributed by atoms with Gasteiger partial charge in [0.25, 0.3) is 0 Å². The van der Waals surface area contributed by atoms with E-state index >= 15 is 0 Å². The lowest BCUT2D eigenvalue weighted by Gasteiger charge is -2.07. The molecule has 0 N–H and O–H groups in total. The second-order valence-corrected chi connectivity index (χ2v) is 6.87. The predicted molar refractivity (Wildman–Crippen MR) is 73.2 cm³/mol. The van der Waals surface area contributed by atoms with Gasteiger partial charge in [0.2, 0.25) is 0 Å². The second kappa shape index (κ2) is 5.19.